The van der Waals surface area contributed by atoms with Crippen LogP contribution in [-0.2, 0) is 0 Å². The van der Waals surface area contributed by atoms with E-state index in [1.165, 1.54) is 19.4 Å². The molecule has 0 aromatic rings. The van der Waals surface area contributed by atoms with Gasteiger partial charge in [0.15, 0.2) is 0 Å². The van der Waals surface area contributed by atoms with E-state index >= 15 is 0 Å². The first-order valence-corrected chi connectivity index (χ1v) is 6.96. The summed E-state index contributed by atoms with van der Waals surface area (Å²) in [5.74, 6) is 0. The predicted molar refractivity (Wildman–Crippen MR) is 67.6 cm³/mol. The van der Waals surface area contributed by atoms with Gasteiger partial charge in [-0.25, -0.2) is 0 Å². The van der Waals surface area contributed by atoms with Crippen molar-refractivity contribution in [2.45, 2.75) is 31.9 Å². The van der Waals surface area contributed by atoms with Gasteiger partial charge < -0.3 is 10.0 Å². The standard InChI is InChI=1S/C11H23BrN2O/c1-3-14-6-4-5-10(14)8-13(2)9-11(15)7-12/h10-11,15H,3-9H2,1-2H3. The first-order valence-electron chi connectivity index (χ1n) is 5.84. The summed E-state index contributed by atoms with van der Waals surface area (Å²) in [6.45, 7) is 6.47. The van der Waals surface area contributed by atoms with Crippen molar-refractivity contribution in [3.05, 3.63) is 0 Å². The minimum atomic E-state index is -0.244. The molecule has 0 aromatic heterocycles. The van der Waals surface area contributed by atoms with E-state index < -0.39 is 0 Å². The molecular formula is C11H23BrN2O. The lowest BCUT2D eigenvalue weighted by Gasteiger charge is -2.28. The lowest BCUT2D eigenvalue weighted by molar-refractivity contribution is 0.125. The summed E-state index contributed by atoms with van der Waals surface area (Å²) in [5, 5.41) is 10.2. The third kappa shape index (κ3) is 4.39. The molecule has 0 amide bonds. The van der Waals surface area contributed by atoms with Crippen molar-refractivity contribution in [3.63, 3.8) is 0 Å². The number of likely N-dealkylation sites (tertiary alicyclic amines) is 1. The Balaban J connectivity index is 2.27. The molecule has 90 valence electrons. The Hall–Kier alpha value is 0.360. The molecule has 1 saturated heterocycles. The molecule has 1 N–H and O–H groups in total. The summed E-state index contributed by atoms with van der Waals surface area (Å²) in [6.07, 6.45) is 2.39. The van der Waals surface area contributed by atoms with Gasteiger partial charge in [0, 0.05) is 24.5 Å². The fraction of sp³-hybridized carbons (Fsp3) is 1.00. The van der Waals surface area contributed by atoms with Crippen LogP contribution in [0.3, 0.4) is 0 Å². The normalized spacial score (nSPS) is 25.0. The fourth-order valence-electron chi connectivity index (χ4n) is 2.36. The molecular weight excluding hydrogens is 256 g/mol. The number of aliphatic hydroxyl groups is 1. The second-order valence-electron chi connectivity index (χ2n) is 4.45. The van der Waals surface area contributed by atoms with Crippen molar-refractivity contribution in [1.29, 1.82) is 0 Å². The van der Waals surface area contributed by atoms with Crippen LogP contribution in [0.15, 0.2) is 0 Å². The van der Waals surface area contributed by atoms with Crippen molar-refractivity contribution in [2.75, 3.05) is 38.6 Å². The Morgan fingerprint density at radius 1 is 1.60 bits per heavy atom. The first kappa shape index (κ1) is 13.4. The van der Waals surface area contributed by atoms with E-state index in [9.17, 15) is 5.11 Å². The van der Waals surface area contributed by atoms with Gasteiger partial charge in [0.25, 0.3) is 0 Å². The van der Waals surface area contributed by atoms with Crippen molar-refractivity contribution in [2.24, 2.45) is 0 Å². The van der Waals surface area contributed by atoms with Gasteiger partial charge in [-0.05, 0) is 33.0 Å². The zero-order chi connectivity index (χ0) is 11.3. The third-order valence-electron chi connectivity index (χ3n) is 3.13. The smallest absolute Gasteiger partial charge is 0.0763 e. The summed E-state index contributed by atoms with van der Waals surface area (Å²) in [4.78, 5) is 4.78. The van der Waals surface area contributed by atoms with Gasteiger partial charge >= 0.3 is 0 Å². The molecule has 4 heteroatoms. The number of alkyl halides is 1. The molecule has 15 heavy (non-hydrogen) atoms. The number of hydrogen-bond donors (Lipinski definition) is 1. The molecule has 0 radical (unpaired) electrons. The summed E-state index contributed by atoms with van der Waals surface area (Å²) < 4.78 is 0. The van der Waals surface area contributed by atoms with Gasteiger partial charge in [0.1, 0.15) is 0 Å². The number of aliphatic hydroxyl groups excluding tert-OH is 1. The average molecular weight is 279 g/mol. The highest BCUT2D eigenvalue weighted by Crippen LogP contribution is 2.17. The second kappa shape index (κ2) is 6.84. The lowest BCUT2D eigenvalue weighted by atomic mass is 10.2. The van der Waals surface area contributed by atoms with Crippen LogP contribution in [0.5, 0.6) is 0 Å². The monoisotopic (exact) mass is 278 g/mol. The number of rotatable bonds is 6. The highest BCUT2D eigenvalue weighted by Gasteiger charge is 2.24. The molecule has 1 fully saturated rings. The SMILES string of the molecule is CCN1CCCC1CN(C)CC(O)CBr. The zero-order valence-electron chi connectivity index (χ0n) is 9.82. The Labute approximate surface area is 102 Å². The molecule has 0 aliphatic carbocycles. The van der Waals surface area contributed by atoms with Crippen molar-refractivity contribution in [3.8, 4) is 0 Å². The average Bonchev–Trinajstić information content (AvgIpc) is 2.64. The van der Waals surface area contributed by atoms with Crippen molar-refractivity contribution in [1.82, 2.24) is 9.80 Å². The molecule has 0 saturated carbocycles. The van der Waals surface area contributed by atoms with E-state index in [1.807, 2.05) is 0 Å². The second-order valence-corrected chi connectivity index (χ2v) is 5.10. The quantitative estimate of drug-likeness (QED) is 0.739. The summed E-state index contributed by atoms with van der Waals surface area (Å²) in [6, 6.07) is 0.697. The van der Waals surface area contributed by atoms with E-state index in [4.69, 9.17) is 0 Å². The van der Waals surface area contributed by atoms with Gasteiger partial charge in [0.05, 0.1) is 6.10 Å². The van der Waals surface area contributed by atoms with E-state index in [1.54, 1.807) is 0 Å². The van der Waals surface area contributed by atoms with Gasteiger partial charge in [-0.1, -0.05) is 22.9 Å². The van der Waals surface area contributed by atoms with Crippen LogP contribution in [0.4, 0.5) is 0 Å². The van der Waals surface area contributed by atoms with Crippen molar-refractivity contribution >= 4 is 15.9 Å². The van der Waals surface area contributed by atoms with Crippen molar-refractivity contribution < 1.29 is 5.11 Å². The van der Waals surface area contributed by atoms with Crippen LogP contribution in [0, 0.1) is 0 Å². The maximum absolute atomic E-state index is 9.52. The maximum Gasteiger partial charge on any atom is 0.0763 e. The molecule has 0 bridgehead atoms. The minimum absolute atomic E-state index is 0.244. The van der Waals surface area contributed by atoms with Gasteiger partial charge in [0.2, 0.25) is 0 Å². The first-order chi connectivity index (χ1) is 7.17. The Kier molecular flexibility index (Phi) is 6.12. The molecule has 2 atom stereocenters. The van der Waals surface area contributed by atoms with Gasteiger partial charge in [-0.3, -0.25) is 4.90 Å². The molecule has 1 rings (SSSR count). The molecule has 2 unspecified atom stereocenters. The van der Waals surface area contributed by atoms with Gasteiger partial charge in [-0.15, -0.1) is 0 Å². The molecule has 1 aliphatic heterocycles. The van der Waals surface area contributed by atoms with Crippen LogP contribution in [-0.4, -0.2) is 65.6 Å². The van der Waals surface area contributed by atoms with Gasteiger partial charge in [-0.2, -0.15) is 0 Å². The molecule has 1 heterocycles. The number of hydrogen-bond acceptors (Lipinski definition) is 3. The van der Waals surface area contributed by atoms with Crippen LogP contribution >= 0.6 is 15.9 Å². The van der Waals surface area contributed by atoms with E-state index in [2.05, 4.69) is 39.7 Å². The Morgan fingerprint density at radius 2 is 2.33 bits per heavy atom. The van der Waals surface area contributed by atoms with Crippen LogP contribution in [0.25, 0.3) is 0 Å². The van der Waals surface area contributed by atoms with Crippen LogP contribution in [0.2, 0.25) is 0 Å². The largest absolute Gasteiger partial charge is 0.391 e. The Morgan fingerprint density at radius 3 is 2.93 bits per heavy atom. The van der Waals surface area contributed by atoms with E-state index in [0.29, 0.717) is 11.4 Å². The fourth-order valence-corrected chi connectivity index (χ4v) is 2.57. The zero-order valence-corrected chi connectivity index (χ0v) is 11.4. The topological polar surface area (TPSA) is 26.7 Å². The highest BCUT2D eigenvalue weighted by atomic mass is 79.9. The molecule has 1 aliphatic rings. The number of halogens is 1. The van der Waals surface area contributed by atoms with Crippen LogP contribution in [0.1, 0.15) is 19.8 Å². The molecule has 0 spiro atoms. The molecule has 3 nitrogen and oxygen atoms in total. The number of nitrogens with zero attached hydrogens (tertiary/aromatic N) is 2. The maximum atomic E-state index is 9.52. The molecule has 0 aromatic carbocycles. The van der Waals surface area contributed by atoms with E-state index in [-0.39, 0.29) is 6.10 Å². The summed E-state index contributed by atoms with van der Waals surface area (Å²) >= 11 is 3.29. The number of likely N-dealkylation sites (N-methyl/N-ethyl adjacent to an activating group) is 2. The predicted octanol–water partition coefficient (Wildman–Crippen LogP) is 1.16. The highest BCUT2D eigenvalue weighted by molar-refractivity contribution is 9.09. The summed E-state index contributed by atoms with van der Waals surface area (Å²) in [5.41, 5.74) is 0. The summed E-state index contributed by atoms with van der Waals surface area (Å²) in [7, 11) is 2.10. The lowest BCUT2D eigenvalue weighted by Crippen LogP contribution is -2.41. The minimum Gasteiger partial charge on any atom is -0.391 e. The Bertz CT molecular complexity index is 180. The van der Waals surface area contributed by atoms with E-state index in [0.717, 1.165) is 19.6 Å². The van der Waals surface area contributed by atoms with Crippen LogP contribution < -0.4 is 0 Å². The third-order valence-corrected chi connectivity index (χ3v) is 3.88.